The highest BCUT2D eigenvalue weighted by Gasteiger charge is 1.95. The van der Waals surface area contributed by atoms with Crippen LogP contribution >= 0.6 is 11.3 Å². The van der Waals surface area contributed by atoms with Crippen LogP contribution in [0.1, 0.15) is 27.7 Å². The van der Waals surface area contributed by atoms with E-state index in [9.17, 15) is 0 Å². The molecule has 0 fully saturated rings. The Bertz CT molecular complexity index is 348. The lowest BCUT2D eigenvalue weighted by Crippen LogP contribution is -1.93. The van der Waals surface area contributed by atoms with Crippen LogP contribution in [0.15, 0.2) is 29.8 Å². The van der Waals surface area contributed by atoms with Gasteiger partial charge in [0.2, 0.25) is 0 Å². The highest BCUT2D eigenvalue weighted by molar-refractivity contribution is 7.16. The van der Waals surface area contributed by atoms with Gasteiger partial charge in [0, 0.05) is 0 Å². The van der Waals surface area contributed by atoms with Gasteiger partial charge in [0.1, 0.15) is 0 Å². The van der Waals surface area contributed by atoms with Crippen molar-refractivity contribution in [3.8, 4) is 0 Å². The highest BCUT2D eigenvalue weighted by atomic mass is 32.1. The first kappa shape index (κ1) is 11.2. The number of hydrogen-bond donors (Lipinski definition) is 0. The molecule has 0 aliphatic rings. The molecule has 1 heterocycles. The molecule has 1 aromatic heterocycles. The Labute approximate surface area is 89.8 Å². The first-order valence-corrected chi connectivity index (χ1v) is 5.63. The molecule has 0 aliphatic heterocycles. The Balaban J connectivity index is 0.000000171. The van der Waals surface area contributed by atoms with Gasteiger partial charge in [0.15, 0.2) is 0 Å². The van der Waals surface area contributed by atoms with E-state index in [1.807, 2.05) is 23.7 Å². The van der Waals surface area contributed by atoms with Crippen LogP contribution < -0.4 is 0 Å². The molecule has 0 spiro atoms. The Morgan fingerprint density at radius 3 is 2.21 bits per heavy atom. The average molecular weight is 207 g/mol. The van der Waals surface area contributed by atoms with Crippen molar-refractivity contribution in [1.29, 1.82) is 0 Å². The van der Waals surface area contributed by atoms with Crippen molar-refractivity contribution in [2.75, 3.05) is 0 Å². The second-order valence-electron chi connectivity index (χ2n) is 4.82. The summed E-state index contributed by atoms with van der Waals surface area (Å²) in [7, 11) is 0. The molecule has 0 atom stereocenters. The molecule has 2 rings (SSSR count). The minimum Gasteiger partial charge on any atom is -0.245 e. The molecule has 0 amide bonds. The fourth-order valence-corrected chi connectivity index (χ4v) is 1.48. The monoisotopic (exact) mass is 207 g/mol. The van der Waals surface area contributed by atoms with Crippen molar-refractivity contribution in [2.24, 2.45) is 5.41 Å². The minimum atomic E-state index is 0.500. The third-order valence-electron chi connectivity index (χ3n) is 1.24. The predicted molar refractivity (Wildman–Crippen MR) is 64.7 cm³/mol. The van der Waals surface area contributed by atoms with Crippen molar-refractivity contribution in [1.82, 2.24) is 4.98 Å². The van der Waals surface area contributed by atoms with Gasteiger partial charge in [-0.2, -0.15) is 0 Å². The van der Waals surface area contributed by atoms with Crippen LogP contribution in [-0.4, -0.2) is 4.98 Å². The van der Waals surface area contributed by atoms with Crippen LogP contribution in [0.3, 0.4) is 0 Å². The van der Waals surface area contributed by atoms with E-state index in [2.05, 4.69) is 38.7 Å². The summed E-state index contributed by atoms with van der Waals surface area (Å²) in [5, 5.41) is 0. The van der Waals surface area contributed by atoms with Gasteiger partial charge in [-0.25, -0.2) is 4.98 Å². The van der Waals surface area contributed by atoms with Crippen molar-refractivity contribution in [3.05, 3.63) is 29.8 Å². The van der Waals surface area contributed by atoms with E-state index in [1.165, 1.54) is 4.70 Å². The van der Waals surface area contributed by atoms with Crippen molar-refractivity contribution >= 4 is 21.6 Å². The van der Waals surface area contributed by atoms with Gasteiger partial charge in [-0.15, -0.1) is 11.3 Å². The maximum Gasteiger partial charge on any atom is 0.0812 e. The minimum absolute atomic E-state index is 0.500. The fourth-order valence-electron chi connectivity index (χ4n) is 0.803. The molecule has 0 bridgehead atoms. The largest absolute Gasteiger partial charge is 0.245 e. The second-order valence-corrected chi connectivity index (χ2v) is 5.71. The predicted octanol–water partition coefficient (Wildman–Crippen LogP) is 4.35. The maximum absolute atomic E-state index is 4.14. The lowest BCUT2D eigenvalue weighted by Gasteiger charge is -2.05. The molecular weight excluding hydrogens is 190 g/mol. The summed E-state index contributed by atoms with van der Waals surface area (Å²) in [5.41, 5.74) is 3.47. The normalized spacial score (nSPS) is 10.9. The van der Waals surface area contributed by atoms with Crippen LogP contribution in [0.5, 0.6) is 0 Å². The summed E-state index contributed by atoms with van der Waals surface area (Å²) < 4.78 is 1.26. The first-order chi connectivity index (χ1) is 6.47. The smallest absolute Gasteiger partial charge is 0.0812 e. The quantitative estimate of drug-likeness (QED) is 0.626. The van der Waals surface area contributed by atoms with Crippen LogP contribution in [-0.2, 0) is 0 Å². The number of fused-ring (bicyclic) bond motifs is 1. The van der Waals surface area contributed by atoms with Gasteiger partial charge >= 0.3 is 0 Å². The molecule has 14 heavy (non-hydrogen) atoms. The maximum atomic E-state index is 4.14. The Hall–Kier alpha value is -0.890. The van der Waals surface area contributed by atoms with Gasteiger partial charge in [0.05, 0.1) is 15.7 Å². The molecule has 0 radical (unpaired) electrons. The van der Waals surface area contributed by atoms with Crippen LogP contribution in [0.2, 0.25) is 0 Å². The molecule has 0 saturated heterocycles. The summed E-state index contributed by atoms with van der Waals surface area (Å²) >= 11 is 1.68. The van der Waals surface area contributed by atoms with Crippen LogP contribution in [0.4, 0.5) is 0 Å². The van der Waals surface area contributed by atoms with Gasteiger partial charge in [0.25, 0.3) is 0 Å². The van der Waals surface area contributed by atoms with Gasteiger partial charge in [-0.3, -0.25) is 0 Å². The number of benzene rings is 1. The van der Waals surface area contributed by atoms with E-state index >= 15 is 0 Å². The summed E-state index contributed by atoms with van der Waals surface area (Å²) in [6.07, 6.45) is 0. The van der Waals surface area contributed by atoms with E-state index in [-0.39, 0.29) is 0 Å². The third kappa shape index (κ3) is 4.38. The van der Waals surface area contributed by atoms with E-state index in [0.717, 1.165) is 5.52 Å². The number of thiazole rings is 1. The van der Waals surface area contributed by atoms with E-state index < -0.39 is 0 Å². The van der Waals surface area contributed by atoms with Crippen LogP contribution in [0, 0.1) is 5.41 Å². The highest BCUT2D eigenvalue weighted by Crippen LogP contribution is 2.15. The molecule has 0 saturated carbocycles. The van der Waals surface area contributed by atoms with Crippen molar-refractivity contribution in [3.63, 3.8) is 0 Å². The molecule has 2 heteroatoms. The van der Waals surface area contributed by atoms with E-state index in [1.54, 1.807) is 11.3 Å². The number of rotatable bonds is 0. The van der Waals surface area contributed by atoms with Crippen LogP contribution in [0.25, 0.3) is 10.2 Å². The third-order valence-corrected chi connectivity index (χ3v) is 2.05. The molecule has 1 aromatic carbocycles. The Morgan fingerprint density at radius 1 is 1.07 bits per heavy atom. The molecular formula is C12H17NS. The van der Waals surface area contributed by atoms with Gasteiger partial charge in [-0.05, 0) is 17.5 Å². The van der Waals surface area contributed by atoms with Crippen molar-refractivity contribution in [2.45, 2.75) is 27.7 Å². The molecule has 76 valence electrons. The lowest BCUT2D eigenvalue weighted by atomic mass is 10.0. The number of aromatic nitrogens is 1. The Morgan fingerprint density at radius 2 is 1.64 bits per heavy atom. The Kier molecular flexibility index (Phi) is 3.64. The number of hydrogen-bond acceptors (Lipinski definition) is 2. The summed E-state index contributed by atoms with van der Waals surface area (Å²) in [5.74, 6) is 0. The molecule has 2 aromatic rings. The summed E-state index contributed by atoms with van der Waals surface area (Å²) in [4.78, 5) is 4.14. The fraction of sp³-hybridized carbons (Fsp3) is 0.417. The molecule has 0 aliphatic carbocycles. The lowest BCUT2D eigenvalue weighted by molar-refractivity contribution is 0.469. The molecule has 0 N–H and O–H groups in total. The second kappa shape index (κ2) is 4.56. The van der Waals surface area contributed by atoms with E-state index in [0.29, 0.717) is 5.41 Å². The number of para-hydroxylation sites is 1. The standard InChI is InChI=1S/C7H5NS.C5H12/c1-2-4-7-6(3-1)8-5-9-7;1-5(2,3)4/h1-5H;1-4H3. The average Bonchev–Trinajstić information content (AvgIpc) is 2.47. The SMILES string of the molecule is CC(C)(C)C.c1ccc2scnc2c1. The zero-order chi connectivity index (χ0) is 10.6. The zero-order valence-electron chi connectivity index (χ0n) is 9.24. The van der Waals surface area contributed by atoms with Gasteiger partial charge in [-0.1, -0.05) is 39.8 Å². The molecule has 0 unspecified atom stereocenters. The molecule has 1 nitrogen and oxygen atoms in total. The number of nitrogens with zero attached hydrogens (tertiary/aromatic N) is 1. The van der Waals surface area contributed by atoms with Crippen molar-refractivity contribution < 1.29 is 0 Å². The van der Waals surface area contributed by atoms with Gasteiger partial charge < -0.3 is 0 Å². The van der Waals surface area contributed by atoms with E-state index in [4.69, 9.17) is 0 Å². The zero-order valence-corrected chi connectivity index (χ0v) is 10.1. The topological polar surface area (TPSA) is 12.9 Å². The summed E-state index contributed by atoms with van der Waals surface area (Å²) in [6.45, 7) is 8.75. The summed E-state index contributed by atoms with van der Waals surface area (Å²) in [6, 6.07) is 8.13. The first-order valence-electron chi connectivity index (χ1n) is 4.75.